The fourth-order valence-corrected chi connectivity index (χ4v) is 10.7. The van der Waals surface area contributed by atoms with Crippen LogP contribution < -0.4 is 16.0 Å². The summed E-state index contributed by atoms with van der Waals surface area (Å²) in [5, 5.41) is 22.3. The fraction of sp³-hybridized carbons (Fsp3) is 0.730. The van der Waals surface area contributed by atoms with Gasteiger partial charge in [-0.3, -0.25) is 0 Å². The molecule has 8 nitrogen and oxygen atoms in total. The van der Waals surface area contributed by atoms with Crippen LogP contribution >= 0.6 is 11.8 Å². The van der Waals surface area contributed by atoms with Gasteiger partial charge in [0.15, 0.2) is 8.32 Å². The molecule has 7 rings (SSSR count). The van der Waals surface area contributed by atoms with Crippen molar-refractivity contribution in [2.75, 3.05) is 36.6 Å². The third-order valence-electron chi connectivity index (χ3n) is 12.5. The number of nitrogens with one attached hydrogen (secondary N) is 3. The maximum Gasteiger partial charge on any atom is 0.224 e. The molecule has 47 heavy (non-hydrogen) atoms. The molecule has 5 saturated carbocycles. The van der Waals surface area contributed by atoms with Gasteiger partial charge in [0.1, 0.15) is 22.5 Å². The highest BCUT2D eigenvalue weighted by Crippen LogP contribution is 2.60. The van der Waals surface area contributed by atoms with Crippen molar-refractivity contribution >= 4 is 31.8 Å². The third-order valence-corrected chi connectivity index (χ3v) is 17.8. The van der Waals surface area contributed by atoms with Gasteiger partial charge in [-0.15, -0.1) is 11.8 Å². The molecular weight excluding hydrogens is 619 g/mol. The Kier molecular flexibility index (Phi) is 10.6. The van der Waals surface area contributed by atoms with E-state index in [1.165, 1.54) is 64.3 Å². The zero-order valence-electron chi connectivity index (χ0n) is 29.6. The Hall–Kier alpha value is -2.19. The molecule has 2 aromatic heterocycles. The van der Waals surface area contributed by atoms with Gasteiger partial charge >= 0.3 is 0 Å². The molecule has 5 atom stereocenters. The second-order valence-electron chi connectivity index (χ2n) is 16.8. The van der Waals surface area contributed by atoms with Gasteiger partial charge in [-0.2, -0.15) is 10.2 Å². The highest BCUT2D eigenvalue weighted by Gasteiger charge is 2.55. The molecule has 0 aromatic carbocycles. The van der Waals surface area contributed by atoms with Crippen molar-refractivity contribution in [3.8, 4) is 6.07 Å². The van der Waals surface area contributed by atoms with E-state index in [9.17, 15) is 5.26 Å². The standard InChI is InChI=1S/C37H57N7OSSi/c1-36(2,3)47(5,6)45-23-26-11-9-25(10-12-26)20-40-32-29-14-27-15-30(32)18-37(16-27,17-29)24-43-33-31(19-38)22-42-35(44-33)41-21-28-8-7-13-39-34(28)46-4/h7-8,13,22,25-27,29-30,32,40H,9-12,14-18,20-21,23-24H2,1-6H3,(H2,41,42,43,44)/t25?,26?,27?,29-,30+,32?,37?. The SMILES string of the molecule is CSc1ncccc1CNc1ncc(C#N)c(NCC23CC4C[C@H](C2)C(NCC2CCC(CO[Si](C)(C)C(C)(C)C)CC2)[C@@H](C4)C3)n1. The zero-order chi connectivity index (χ0) is 33.2. The van der Waals surface area contributed by atoms with Crippen LogP contribution in [0.3, 0.4) is 0 Å². The number of nitriles is 1. The van der Waals surface area contributed by atoms with Gasteiger partial charge in [0, 0.05) is 37.5 Å². The lowest BCUT2D eigenvalue weighted by molar-refractivity contribution is -0.0703. The van der Waals surface area contributed by atoms with Crippen molar-refractivity contribution in [1.82, 2.24) is 20.3 Å². The summed E-state index contributed by atoms with van der Waals surface area (Å²) < 4.78 is 6.59. The molecule has 5 aliphatic carbocycles. The number of hydrogen-bond donors (Lipinski definition) is 3. The van der Waals surface area contributed by atoms with Crippen LogP contribution in [0, 0.1) is 46.3 Å². The van der Waals surface area contributed by atoms with E-state index in [0.717, 1.165) is 53.3 Å². The van der Waals surface area contributed by atoms with Crippen LogP contribution in [0.15, 0.2) is 29.6 Å². The van der Waals surface area contributed by atoms with Crippen LogP contribution in [0.4, 0.5) is 11.8 Å². The number of nitrogens with zero attached hydrogens (tertiary/aromatic N) is 4. The van der Waals surface area contributed by atoms with Crippen LogP contribution in [0.2, 0.25) is 18.1 Å². The van der Waals surface area contributed by atoms with Crippen LogP contribution in [0.1, 0.15) is 89.7 Å². The average Bonchev–Trinajstić information content (AvgIpc) is 3.05. The summed E-state index contributed by atoms with van der Waals surface area (Å²) >= 11 is 1.63. The van der Waals surface area contributed by atoms with Gasteiger partial charge in [0.2, 0.25) is 5.95 Å². The van der Waals surface area contributed by atoms with E-state index in [0.29, 0.717) is 35.3 Å². The first kappa shape index (κ1) is 34.7. The number of anilines is 2. The van der Waals surface area contributed by atoms with E-state index in [-0.39, 0.29) is 5.04 Å². The molecule has 3 N–H and O–H groups in total. The molecular formula is C37H57N7OSSi. The predicted molar refractivity (Wildman–Crippen MR) is 195 cm³/mol. The molecule has 5 fully saturated rings. The Morgan fingerprint density at radius 1 is 1.04 bits per heavy atom. The van der Waals surface area contributed by atoms with Gasteiger partial charge in [0.05, 0.1) is 6.20 Å². The smallest absolute Gasteiger partial charge is 0.224 e. The lowest BCUT2D eigenvalue weighted by atomic mass is 9.48. The molecule has 256 valence electrons. The minimum atomic E-state index is -1.66. The molecule has 3 unspecified atom stereocenters. The van der Waals surface area contributed by atoms with Crippen molar-refractivity contribution in [3.63, 3.8) is 0 Å². The minimum absolute atomic E-state index is 0.289. The predicted octanol–water partition coefficient (Wildman–Crippen LogP) is 8.10. The second kappa shape index (κ2) is 14.3. The molecule has 0 aliphatic heterocycles. The van der Waals surface area contributed by atoms with E-state index in [1.54, 1.807) is 18.0 Å². The van der Waals surface area contributed by atoms with Crippen LogP contribution in [0.25, 0.3) is 0 Å². The highest BCUT2D eigenvalue weighted by molar-refractivity contribution is 7.98. The first-order chi connectivity index (χ1) is 22.5. The molecule has 0 amide bonds. The molecule has 4 bridgehead atoms. The van der Waals surface area contributed by atoms with Crippen molar-refractivity contribution in [2.45, 2.75) is 114 Å². The summed E-state index contributed by atoms with van der Waals surface area (Å²) in [5.41, 5.74) is 1.91. The van der Waals surface area contributed by atoms with Crippen molar-refractivity contribution in [2.24, 2.45) is 35.0 Å². The number of thioether (sulfide) groups is 1. The summed E-state index contributed by atoms with van der Waals surface area (Å²) in [5.74, 6) is 5.10. The maximum atomic E-state index is 9.84. The zero-order valence-corrected chi connectivity index (χ0v) is 31.4. The van der Waals surface area contributed by atoms with E-state index < -0.39 is 8.32 Å². The van der Waals surface area contributed by atoms with Crippen molar-refractivity contribution < 1.29 is 4.43 Å². The Morgan fingerprint density at radius 2 is 1.77 bits per heavy atom. The van der Waals surface area contributed by atoms with Crippen molar-refractivity contribution in [1.29, 1.82) is 5.26 Å². The minimum Gasteiger partial charge on any atom is -0.417 e. The lowest BCUT2D eigenvalue weighted by Gasteiger charge is -2.60. The number of hydrogen-bond acceptors (Lipinski definition) is 9. The Morgan fingerprint density at radius 3 is 2.45 bits per heavy atom. The largest absolute Gasteiger partial charge is 0.417 e. The van der Waals surface area contributed by atoms with Gasteiger partial charge in [0.25, 0.3) is 0 Å². The highest BCUT2D eigenvalue weighted by atomic mass is 32.2. The molecule has 0 radical (unpaired) electrons. The Bertz CT molecular complexity index is 1400. The Labute approximate surface area is 288 Å². The van der Waals surface area contributed by atoms with Crippen LogP contribution in [0.5, 0.6) is 0 Å². The summed E-state index contributed by atoms with van der Waals surface area (Å²) in [6.45, 7) is 15.4. The van der Waals surface area contributed by atoms with Gasteiger partial charge in [-0.1, -0.05) is 26.8 Å². The first-order valence-electron chi connectivity index (χ1n) is 18.1. The van der Waals surface area contributed by atoms with Crippen molar-refractivity contribution in [3.05, 3.63) is 35.7 Å². The molecule has 2 aromatic rings. The van der Waals surface area contributed by atoms with E-state index in [2.05, 4.69) is 71.9 Å². The summed E-state index contributed by atoms with van der Waals surface area (Å²) in [6, 6.07) is 7.00. The normalized spacial score (nSPS) is 30.2. The molecule has 0 spiro atoms. The maximum absolute atomic E-state index is 9.84. The fourth-order valence-electron chi connectivity index (χ4n) is 9.06. The number of rotatable bonds is 13. The third kappa shape index (κ3) is 8.00. The molecule has 0 saturated heterocycles. The number of pyridine rings is 1. The van der Waals surface area contributed by atoms with E-state index in [4.69, 9.17) is 9.41 Å². The quantitative estimate of drug-likeness (QED) is 0.143. The van der Waals surface area contributed by atoms with Gasteiger partial charge in [-0.05, 0) is 130 Å². The topological polar surface area (TPSA) is 108 Å². The summed E-state index contributed by atoms with van der Waals surface area (Å²) in [7, 11) is -1.66. The van der Waals surface area contributed by atoms with Gasteiger partial charge in [-0.25, -0.2) is 9.97 Å². The summed E-state index contributed by atoms with van der Waals surface area (Å²) in [6.07, 6.45) is 17.4. The second-order valence-corrected chi connectivity index (χ2v) is 22.4. The molecule has 5 aliphatic rings. The average molecular weight is 676 g/mol. The summed E-state index contributed by atoms with van der Waals surface area (Å²) in [4.78, 5) is 13.7. The lowest BCUT2D eigenvalue weighted by Crippen LogP contribution is -2.60. The number of aromatic nitrogens is 3. The van der Waals surface area contributed by atoms with Crippen LogP contribution in [-0.2, 0) is 11.0 Å². The van der Waals surface area contributed by atoms with E-state index >= 15 is 0 Å². The van der Waals surface area contributed by atoms with Crippen LogP contribution in [-0.4, -0.2) is 55.3 Å². The monoisotopic (exact) mass is 675 g/mol. The molecule has 2 heterocycles. The van der Waals surface area contributed by atoms with Gasteiger partial charge < -0.3 is 20.4 Å². The Balaban J connectivity index is 0.995. The first-order valence-corrected chi connectivity index (χ1v) is 22.2. The van der Waals surface area contributed by atoms with E-state index in [1.807, 2.05) is 18.5 Å². The molecule has 10 heteroatoms.